The number of rotatable bonds is 0. The van der Waals surface area contributed by atoms with Gasteiger partial charge in [0.15, 0.2) is 0 Å². The molecule has 3 rings (SSSR count). The molecular weight excluding hydrogens is 170 g/mol. The molecule has 1 aliphatic carbocycles. The Morgan fingerprint density at radius 2 is 2.07 bits per heavy atom. The van der Waals surface area contributed by atoms with Crippen molar-refractivity contribution in [3.63, 3.8) is 0 Å². The van der Waals surface area contributed by atoms with Crippen LogP contribution in [-0.4, -0.2) is 0 Å². The van der Waals surface area contributed by atoms with Gasteiger partial charge in [-0.05, 0) is 25.0 Å². The fraction of sp³-hybridized carbons (Fsp3) is 0.154. The molecule has 0 saturated heterocycles. The van der Waals surface area contributed by atoms with Gasteiger partial charge in [0.2, 0.25) is 11.2 Å². The molecule has 1 aromatic carbocycles. The Labute approximate surface area is 83.1 Å². The van der Waals surface area contributed by atoms with Gasteiger partial charge in [0.1, 0.15) is 0 Å². The molecule has 0 spiro atoms. The molecule has 1 aromatic heterocycles. The SMILES string of the molecule is C1=Cc2[nH+]c3ccccc3cc2CC1. The molecule has 0 radical (unpaired) electrons. The number of fused-ring (bicyclic) bond motifs is 2. The van der Waals surface area contributed by atoms with Crippen LogP contribution in [0, 0.1) is 0 Å². The number of pyridine rings is 1. The third kappa shape index (κ3) is 1.13. The monoisotopic (exact) mass is 182 g/mol. The van der Waals surface area contributed by atoms with E-state index < -0.39 is 0 Å². The number of hydrogen-bond acceptors (Lipinski definition) is 0. The van der Waals surface area contributed by atoms with Crippen LogP contribution in [0.4, 0.5) is 0 Å². The van der Waals surface area contributed by atoms with E-state index in [-0.39, 0.29) is 0 Å². The Hall–Kier alpha value is -1.63. The Kier molecular flexibility index (Phi) is 1.63. The van der Waals surface area contributed by atoms with Gasteiger partial charge in [-0.3, -0.25) is 0 Å². The molecule has 0 fully saturated rings. The number of hydrogen-bond donors (Lipinski definition) is 0. The first-order valence-electron chi connectivity index (χ1n) is 5.04. The molecule has 68 valence electrons. The maximum Gasteiger partial charge on any atom is 0.211 e. The number of allylic oxidation sites excluding steroid dienone is 1. The van der Waals surface area contributed by atoms with Gasteiger partial charge in [-0.15, -0.1) is 0 Å². The molecule has 14 heavy (non-hydrogen) atoms. The highest BCUT2D eigenvalue weighted by Crippen LogP contribution is 2.19. The van der Waals surface area contributed by atoms with Crippen LogP contribution < -0.4 is 4.98 Å². The number of para-hydroxylation sites is 1. The van der Waals surface area contributed by atoms with E-state index in [0.29, 0.717) is 0 Å². The highest BCUT2D eigenvalue weighted by molar-refractivity contribution is 5.77. The average molecular weight is 182 g/mol. The maximum atomic E-state index is 3.46. The van der Waals surface area contributed by atoms with Gasteiger partial charge in [0, 0.05) is 23.1 Å². The summed E-state index contributed by atoms with van der Waals surface area (Å²) in [7, 11) is 0. The lowest BCUT2D eigenvalue weighted by atomic mass is 10.0. The number of aromatic amines is 1. The zero-order valence-electron chi connectivity index (χ0n) is 7.96. The highest BCUT2D eigenvalue weighted by atomic mass is 14.7. The number of aromatic nitrogens is 1. The van der Waals surface area contributed by atoms with Crippen molar-refractivity contribution >= 4 is 17.0 Å². The van der Waals surface area contributed by atoms with Gasteiger partial charge in [-0.25, -0.2) is 4.98 Å². The summed E-state index contributed by atoms with van der Waals surface area (Å²) in [5.74, 6) is 0. The molecule has 1 N–H and O–H groups in total. The lowest BCUT2D eigenvalue weighted by molar-refractivity contribution is -0.348. The van der Waals surface area contributed by atoms with Crippen LogP contribution in [0.15, 0.2) is 36.4 Å². The largest absolute Gasteiger partial charge is 0.211 e. The second kappa shape index (κ2) is 2.95. The van der Waals surface area contributed by atoms with Gasteiger partial charge in [-0.1, -0.05) is 18.2 Å². The third-order valence-electron chi connectivity index (χ3n) is 2.77. The smallest absolute Gasteiger partial charge is 0.205 e. The van der Waals surface area contributed by atoms with Crippen molar-refractivity contribution in [2.75, 3.05) is 0 Å². The summed E-state index contributed by atoms with van der Waals surface area (Å²) in [4.78, 5) is 3.46. The van der Waals surface area contributed by atoms with Crippen LogP contribution in [0.2, 0.25) is 0 Å². The zero-order chi connectivity index (χ0) is 9.38. The van der Waals surface area contributed by atoms with Crippen molar-refractivity contribution in [2.45, 2.75) is 12.8 Å². The topological polar surface area (TPSA) is 14.1 Å². The van der Waals surface area contributed by atoms with Crippen molar-refractivity contribution in [2.24, 2.45) is 0 Å². The number of H-pyrrole nitrogens is 1. The zero-order valence-corrected chi connectivity index (χ0v) is 7.96. The van der Waals surface area contributed by atoms with Crippen LogP contribution in [0.25, 0.3) is 17.0 Å². The molecule has 0 amide bonds. The maximum absolute atomic E-state index is 3.46. The molecular formula is C13H12N+. The minimum Gasteiger partial charge on any atom is -0.205 e. The number of nitrogens with one attached hydrogen (secondary N) is 1. The molecule has 0 bridgehead atoms. The first kappa shape index (κ1) is 7.74. The Morgan fingerprint density at radius 1 is 1.14 bits per heavy atom. The molecule has 1 nitrogen and oxygen atoms in total. The van der Waals surface area contributed by atoms with Gasteiger partial charge < -0.3 is 0 Å². The lowest BCUT2D eigenvalue weighted by Gasteiger charge is -2.05. The van der Waals surface area contributed by atoms with E-state index in [4.69, 9.17) is 0 Å². The minimum absolute atomic E-state index is 1.16. The minimum atomic E-state index is 1.16. The predicted octanol–water partition coefficient (Wildman–Crippen LogP) is 2.61. The Morgan fingerprint density at radius 3 is 3.07 bits per heavy atom. The summed E-state index contributed by atoms with van der Waals surface area (Å²) in [5.41, 5.74) is 3.93. The molecule has 0 atom stereocenters. The van der Waals surface area contributed by atoms with Crippen molar-refractivity contribution in [3.05, 3.63) is 47.7 Å². The van der Waals surface area contributed by atoms with Gasteiger partial charge in [0.05, 0.1) is 0 Å². The molecule has 1 heteroatoms. The van der Waals surface area contributed by atoms with Gasteiger partial charge in [0.25, 0.3) is 0 Å². The number of benzene rings is 1. The molecule has 1 heterocycles. The molecule has 1 aliphatic rings. The van der Waals surface area contributed by atoms with Gasteiger partial charge in [-0.2, -0.15) is 0 Å². The molecule has 2 aromatic rings. The number of aryl methyl sites for hydroxylation is 1. The van der Waals surface area contributed by atoms with E-state index in [2.05, 4.69) is 47.5 Å². The van der Waals surface area contributed by atoms with Crippen molar-refractivity contribution in [3.8, 4) is 0 Å². The third-order valence-corrected chi connectivity index (χ3v) is 2.77. The summed E-state index contributed by atoms with van der Waals surface area (Å²) >= 11 is 0. The lowest BCUT2D eigenvalue weighted by Crippen LogP contribution is -2.13. The normalized spacial score (nSPS) is 14.3. The highest BCUT2D eigenvalue weighted by Gasteiger charge is 2.12. The standard InChI is InChI=1S/C13H11N/c1-3-7-12-10(5-1)9-11-6-2-4-8-13(11)14-12/h1,3-5,7-9H,2,6H2/p+1. The predicted molar refractivity (Wildman–Crippen MR) is 57.9 cm³/mol. The Balaban J connectivity index is 2.34. The Bertz CT molecular complexity index is 512. The van der Waals surface area contributed by atoms with Crippen molar-refractivity contribution < 1.29 is 4.98 Å². The van der Waals surface area contributed by atoms with E-state index in [1.165, 1.54) is 28.6 Å². The summed E-state index contributed by atoms with van der Waals surface area (Å²) in [5, 5.41) is 1.31. The first-order chi connectivity index (χ1) is 6.93. The molecule has 0 aliphatic heterocycles. The quantitative estimate of drug-likeness (QED) is 0.594. The van der Waals surface area contributed by atoms with Crippen molar-refractivity contribution in [1.29, 1.82) is 0 Å². The van der Waals surface area contributed by atoms with Crippen LogP contribution in [-0.2, 0) is 6.42 Å². The first-order valence-corrected chi connectivity index (χ1v) is 5.04. The average Bonchev–Trinajstić information content (AvgIpc) is 2.26. The van der Waals surface area contributed by atoms with Crippen LogP contribution in [0.3, 0.4) is 0 Å². The van der Waals surface area contributed by atoms with Crippen LogP contribution in [0.1, 0.15) is 17.7 Å². The van der Waals surface area contributed by atoms with E-state index >= 15 is 0 Å². The second-order valence-electron chi connectivity index (χ2n) is 3.74. The molecule has 0 unspecified atom stereocenters. The van der Waals surface area contributed by atoms with Crippen molar-refractivity contribution in [1.82, 2.24) is 0 Å². The summed E-state index contributed by atoms with van der Waals surface area (Å²) in [6.45, 7) is 0. The fourth-order valence-corrected chi connectivity index (χ4v) is 2.02. The molecule has 0 saturated carbocycles. The summed E-state index contributed by atoms with van der Waals surface area (Å²) < 4.78 is 0. The van der Waals surface area contributed by atoms with E-state index in [1.54, 1.807) is 0 Å². The van der Waals surface area contributed by atoms with Crippen LogP contribution >= 0.6 is 0 Å². The van der Waals surface area contributed by atoms with E-state index in [9.17, 15) is 0 Å². The second-order valence-corrected chi connectivity index (χ2v) is 3.74. The fourth-order valence-electron chi connectivity index (χ4n) is 2.02. The summed E-state index contributed by atoms with van der Waals surface area (Å²) in [6, 6.07) is 10.7. The van der Waals surface area contributed by atoms with Gasteiger partial charge >= 0.3 is 0 Å². The summed E-state index contributed by atoms with van der Waals surface area (Å²) in [6.07, 6.45) is 6.74. The van der Waals surface area contributed by atoms with Crippen LogP contribution in [0.5, 0.6) is 0 Å². The van der Waals surface area contributed by atoms with E-state index in [1.807, 2.05) is 0 Å². The van der Waals surface area contributed by atoms with E-state index in [0.717, 1.165) is 6.42 Å².